The molecule has 0 aliphatic carbocycles. The molecule has 0 spiro atoms. The molecule has 1 atom stereocenters. The van der Waals surface area contributed by atoms with E-state index in [0.717, 1.165) is 38.9 Å². The molecule has 1 aliphatic rings. The van der Waals surface area contributed by atoms with Crippen molar-refractivity contribution in [3.63, 3.8) is 0 Å². The molecule has 18 heavy (non-hydrogen) atoms. The van der Waals surface area contributed by atoms with Crippen LogP contribution in [0.25, 0.3) is 0 Å². The van der Waals surface area contributed by atoms with Crippen molar-refractivity contribution in [2.75, 3.05) is 19.6 Å². The molecular weight excluding hydrogens is 224 g/mol. The van der Waals surface area contributed by atoms with Crippen molar-refractivity contribution in [2.24, 2.45) is 0 Å². The lowest BCUT2D eigenvalue weighted by atomic mass is 10.1. The highest BCUT2D eigenvalue weighted by Crippen LogP contribution is 2.12. The van der Waals surface area contributed by atoms with Gasteiger partial charge in [0.1, 0.15) is 0 Å². The highest BCUT2D eigenvalue weighted by molar-refractivity contribution is 5.76. The maximum atomic E-state index is 11.9. The topological polar surface area (TPSA) is 32.3 Å². The average Bonchev–Trinajstić information content (AvgIpc) is 2.33. The molecule has 1 fully saturated rings. The summed E-state index contributed by atoms with van der Waals surface area (Å²) in [4.78, 5) is 14.0. The summed E-state index contributed by atoms with van der Waals surface area (Å²) in [6.45, 7) is 7.39. The van der Waals surface area contributed by atoms with Gasteiger partial charge >= 0.3 is 0 Å². The van der Waals surface area contributed by atoms with Crippen molar-refractivity contribution in [1.82, 2.24) is 10.2 Å². The summed E-state index contributed by atoms with van der Waals surface area (Å²) in [5.41, 5.74) is 0. The summed E-state index contributed by atoms with van der Waals surface area (Å²) < 4.78 is 0. The monoisotopic (exact) mass is 254 g/mol. The van der Waals surface area contributed by atoms with E-state index in [1.165, 1.54) is 32.1 Å². The van der Waals surface area contributed by atoms with E-state index in [1.54, 1.807) is 0 Å². The van der Waals surface area contributed by atoms with Crippen molar-refractivity contribution in [2.45, 2.75) is 71.3 Å². The van der Waals surface area contributed by atoms with Crippen LogP contribution in [0, 0.1) is 0 Å². The Morgan fingerprint density at radius 3 is 2.78 bits per heavy atom. The van der Waals surface area contributed by atoms with Gasteiger partial charge in [-0.2, -0.15) is 0 Å². The molecule has 1 heterocycles. The molecule has 1 rings (SSSR count). The first-order valence-corrected chi connectivity index (χ1v) is 7.75. The zero-order valence-electron chi connectivity index (χ0n) is 12.2. The summed E-state index contributed by atoms with van der Waals surface area (Å²) in [6.07, 6.45) is 9.18. The number of nitrogens with one attached hydrogen (secondary N) is 1. The van der Waals surface area contributed by atoms with Gasteiger partial charge < -0.3 is 10.2 Å². The molecule has 0 saturated carbocycles. The summed E-state index contributed by atoms with van der Waals surface area (Å²) in [7, 11) is 0. The summed E-state index contributed by atoms with van der Waals surface area (Å²) >= 11 is 0. The molecule has 0 aromatic carbocycles. The third kappa shape index (κ3) is 6.39. The van der Waals surface area contributed by atoms with Gasteiger partial charge in [0.2, 0.25) is 5.91 Å². The first-order valence-electron chi connectivity index (χ1n) is 7.75. The van der Waals surface area contributed by atoms with E-state index >= 15 is 0 Å². The fourth-order valence-electron chi connectivity index (χ4n) is 2.66. The van der Waals surface area contributed by atoms with Gasteiger partial charge in [-0.25, -0.2) is 0 Å². The molecule has 1 unspecified atom stereocenters. The minimum absolute atomic E-state index is 0.384. The Hall–Kier alpha value is -0.570. The van der Waals surface area contributed by atoms with Crippen molar-refractivity contribution in [3.8, 4) is 0 Å². The van der Waals surface area contributed by atoms with E-state index in [0.29, 0.717) is 11.9 Å². The molecule has 1 N–H and O–H groups in total. The van der Waals surface area contributed by atoms with Gasteiger partial charge in [-0.15, -0.1) is 0 Å². The second-order valence-electron chi connectivity index (χ2n) is 5.50. The third-order valence-electron chi connectivity index (χ3n) is 3.79. The van der Waals surface area contributed by atoms with Crippen LogP contribution in [0.2, 0.25) is 0 Å². The predicted octanol–water partition coefficient (Wildman–Crippen LogP) is 2.95. The molecule has 0 aromatic heterocycles. The number of hydrogen-bond acceptors (Lipinski definition) is 2. The number of carbonyl (C=O) groups is 1. The van der Waals surface area contributed by atoms with Crippen LogP contribution < -0.4 is 5.32 Å². The lowest BCUT2D eigenvalue weighted by molar-refractivity contribution is -0.131. The molecule has 0 bridgehead atoms. The van der Waals surface area contributed by atoms with E-state index in [2.05, 4.69) is 24.1 Å². The van der Waals surface area contributed by atoms with Gasteiger partial charge in [0.05, 0.1) is 0 Å². The normalized spacial score (nSPS) is 19.4. The molecule has 106 valence electrons. The lowest BCUT2D eigenvalue weighted by Crippen LogP contribution is -2.34. The molecule has 1 amide bonds. The summed E-state index contributed by atoms with van der Waals surface area (Å²) in [6, 6.07) is 0.609. The maximum Gasteiger partial charge on any atom is 0.222 e. The van der Waals surface area contributed by atoms with E-state index in [9.17, 15) is 4.79 Å². The number of carbonyl (C=O) groups excluding carboxylic acids is 1. The van der Waals surface area contributed by atoms with Gasteiger partial charge in [0.15, 0.2) is 0 Å². The smallest absolute Gasteiger partial charge is 0.222 e. The van der Waals surface area contributed by atoms with Crippen LogP contribution in [0.5, 0.6) is 0 Å². The number of unbranched alkanes of at least 4 members (excludes halogenated alkanes) is 1. The van der Waals surface area contributed by atoms with E-state index < -0.39 is 0 Å². The molecule has 1 saturated heterocycles. The summed E-state index contributed by atoms with van der Waals surface area (Å²) in [5.74, 6) is 0.384. The number of rotatable bonds is 7. The minimum atomic E-state index is 0.384. The zero-order valence-corrected chi connectivity index (χ0v) is 12.2. The second kappa shape index (κ2) is 9.37. The Bertz CT molecular complexity index is 231. The molecule has 0 radical (unpaired) electrons. The van der Waals surface area contributed by atoms with E-state index in [-0.39, 0.29) is 0 Å². The van der Waals surface area contributed by atoms with Gasteiger partial charge in [-0.05, 0) is 39.2 Å². The molecular formula is C15H30N2O. The van der Waals surface area contributed by atoms with Crippen molar-refractivity contribution in [3.05, 3.63) is 0 Å². The predicted molar refractivity (Wildman–Crippen MR) is 76.7 cm³/mol. The Kier molecular flexibility index (Phi) is 8.06. The third-order valence-corrected chi connectivity index (χ3v) is 3.79. The number of nitrogens with zero attached hydrogens (tertiary/aromatic N) is 1. The average molecular weight is 254 g/mol. The molecule has 3 heteroatoms. The highest BCUT2D eigenvalue weighted by atomic mass is 16.2. The van der Waals surface area contributed by atoms with Gasteiger partial charge in [0, 0.05) is 25.6 Å². The van der Waals surface area contributed by atoms with Crippen molar-refractivity contribution >= 4 is 5.91 Å². The van der Waals surface area contributed by atoms with Crippen LogP contribution in [0.15, 0.2) is 0 Å². The van der Waals surface area contributed by atoms with Gasteiger partial charge in [-0.3, -0.25) is 4.79 Å². The summed E-state index contributed by atoms with van der Waals surface area (Å²) in [5, 5.41) is 3.43. The van der Waals surface area contributed by atoms with Gasteiger partial charge in [0.25, 0.3) is 0 Å². The molecule has 3 nitrogen and oxygen atoms in total. The van der Waals surface area contributed by atoms with Crippen LogP contribution in [-0.2, 0) is 4.79 Å². The fourth-order valence-corrected chi connectivity index (χ4v) is 2.66. The van der Waals surface area contributed by atoms with E-state index in [1.807, 2.05) is 0 Å². The Labute approximate surface area is 112 Å². The maximum absolute atomic E-state index is 11.9. The first kappa shape index (κ1) is 15.5. The number of likely N-dealkylation sites (tertiary alicyclic amines) is 1. The van der Waals surface area contributed by atoms with Crippen molar-refractivity contribution in [1.29, 1.82) is 0 Å². The lowest BCUT2D eigenvalue weighted by Gasteiger charge is -2.25. The van der Waals surface area contributed by atoms with Crippen LogP contribution in [-0.4, -0.2) is 36.5 Å². The molecule has 1 aliphatic heterocycles. The number of hydrogen-bond donors (Lipinski definition) is 1. The van der Waals surface area contributed by atoms with E-state index in [4.69, 9.17) is 0 Å². The number of amides is 1. The SMILES string of the molecule is CCNC(C)CCCCN1CCCCCCC1=O. The second-order valence-corrected chi connectivity index (χ2v) is 5.50. The van der Waals surface area contributed by atoms with Crippen LogP contribution in [0.4, 0.5) is 0 Å². The first-order chi connectivity index (χ1) is 8.74. The Balaban J connectivity index is 2.14. The van der Waals surface area contributed by atoms with Crippen LogP contribution >= 0.6 is 0 Å². The van der Waals surface area contributed by atoms with Crippen LogP contribution in [0.3, 0.4) is 0 Å². The largest absolute Gasteiger partial charge is 0.343 e. The quantitative estimate of drug-likeness (QED) is 0.708. The van der Waals surface area contributed by atoms with Crippen LogP contribution in [0.1, 0.15) is 65.2 Å². The van der Waals surface area contributed by atoms with Crippen molar-refractivity contribution < 1.29 is 4.79 Å². The standard InChI is InChI=1S/C15H30N2O/c1-3-16-14(2)10-7-9-13-17-12-8-5-4-6-11-15(17)18/h14,16H,3-13H2,1-2H3. The highest BCUT2D eigenvalue weighted by Gasteiger charge is 2.14. The Morgan fingerprint density at radius 1 is 1.22 bits per heavy atom. The molecule has 0 aromatic rings. The Morgan fingerprint density at radius 2 is 2.00 bits per heavy atom. The minimum Gasteiger partial charge on any atom is -0.343 e. The zero-order chi connectivity index (χ0) is 13.2. The fraction of sp³-hybridized carbons (Fsp3) is 0.933. The van der Waals surface area contributed by atoms with Gasteiger partial charge in [-0.1, -0.05) is 26.2 Å².